The molecule has 4 rings (SSSR count). The lowest BCUT2D eigenvalue weighted by molar-refractivity contribution is -0.322. The second kappa shape index (κ2) is 12.8. The van der Waals surface area contributed by atoms with Crippen LogP contribution < -0.4 is 0 Å². The van der Waals surface area contributed by atoms with Gasteiger partial charge in [-0.3, -0.25) is 0 Å². The number of hydrogen-bond acceptors (Lipinski definition) is 1. The fourth-order valence-corrected chi connectivity index (χ4v) is 8.52. The monoisotopic (exact) mass is 654 g/mol. The van der Waals surface area contributed by atoms with E-state index < -0.39 is 77.6 Å². The average molecular weight is 655 g/mol. The molecule has 0 spiro atoms. The van der Waals surface area contributed by atoms with Gasteiger partial charge in [-0.05, 0) is 74.5 Å². The highest BCUT2D eigenvalue weighted by Gasteiger charge is 2.57. The molecule has 0 aromatic heterocycles. The van der Waals surface area contributed by atoms with Crippen LogP contribution >= 0.6 is 22.6 Å². The quantitative estimate of drug-likeness (QED) is 0.151. The van der Waals surface area contributed by atoms with Crippen molar-refractivity contribution in [1.29, 1.82) is 0 Å². The molecule has 1 nitrogen and oxygen atoms in total. The SMILES string of the molecule is CCCC1CCC(C2CCC(C3CC(F)C(C(F)(F)OC4CC(F)C(I)C(F)C4)C(F)C3)C(F)C2)CC1. The molecule has 4 saturated carbocycles. The summed E-state index contributed by atoms with van der Waals surface area (Å²) in [7, 11) is 0. The molecule has 0 bridgehead atoms. The maximum atomic E-state index is 15.3. The minimum Gasteiger partial charge on any atom is -0.317 e. The smallest absolute Gasteiger partial charge is 0.317 e. The summed E-state index contributed by atoms with van der Waals surface area (Å²) in [5.41, 5.74) is 0. The van der Waals surface area contributed by atoms with Gasteiger partial charge in [0, 0.05) is 12.8 Å². The minimum absolute atomic E-state index is 0.293. The van der Waals surface area contributed by atoms with Gasteiger partial charge in [-0.1, -0.05) is 55.2 Å². The number of halogens is 8. The van der Waals surface area contributed by atoms with Crippen molar-refractivity contribution in [2.75, 3.05) is 0 Å². The maximum Gasteiger partial charge on any atom is 0.364 e. The van der Waals surface area contributed by atoms with Gasteiger partial charge in [-0.25, -0.2) is 22.0 Å². The molecule has 0 aromatic rings. The molecular formula is C28H42F7IO. The molecule has 0 heterocycles. The van der Waals surface area contributed by atoms with Crippen LogP contribution in [0.25, 0.3) is 0 Å². The summed E-state index contributed by atoms with van der Waals surface area (Å²) < 4.78 is 107. The molecule has 4 aliphatic carbocycles. The van der Waals surface area contributed by atoms with Crippen molar-refractivity contribution in [2.24, 2.45) is 35.5 Å². The van der Waals surface area contributed by atoms with Crippen molar-refractivity contribution in [1.82, 2.24) is 0 Å². The second-order valence-electron chi connectivity index (χ2n) is 12.4. The Morgan fingerprint density at radius 2 is 1.22 bits per heavy atom. The van der Waals surface area contributed by atoms with E-state index in [4.69, 9.17) is 0 Å². The Labute approximate surface area is 230 Å². The first kappa shape index (κ1) is 30.2. The van der Waals surface area contributed by atoms with Crippen molar-refractivity contribution in [3.05, 3.63) is 0 Å². The summed E-state index contributed by atoms with van der Waals surface area (Å²) in [6.45, 7) is 2.20. The van der Waals surface area contributed by atoms with Crippen molar-refractivity contribution in [3.8, 4) is 0 Å². The first-order chi connectivity index (χ1) is 17.5. The second-order valence-corrected chi connectivity index (χ2v) is 13.8. The predicted octanol–water partition coefficient (Wildman–Crippen LogP) is 9.30. The van der Waals surface area contributed by atoms with E-state index in [0.717, 1.165) is 25.2 Å². The standard InChI is InChI=1S/C28H42F7IO/c1-2-3-15-4-6-16(7-5-15)17-8-9-20(21(29)10-17)18-11-22(30)26(23(31)12-18)28(34,35)37-19-13-24(32)27(36)25(33)14-19/h15-27H,2-14H2,1H3. The first-order valence-corrected chi connectivity index (χ1v) is 15.6. The highest BCUT2D eigenvalue weighted by Crippen LogP contribution is 2.51. The van der Waals surface area contributed by atoms with E-state index in [1.54, 1.807) is 22.6 Å². The molecule has 9 heteroatoms. The first-order valence-electron chi connectivity index (χ1n) is 14.4. The third-order valence-electron chi connectivity index (χ3n) is 9.94. The van der Waals surface area contributed by atoms with Crippen molar-refractivity contribution >= 4 is 22.6 Å². The summed E-state index contributed by atoms with van der Waals surface area (Å²) >= 11 is 1.60. The van der Waals surface area contributed by atoms with E-state index in [-0.39, 0.29) is 12.8 Å². The summed E-state index contributed by atoms with van der Waals surface area (Å²) in [5, 5.41) is 0. The topological polar surface area (TPSA) is 9.23 Å². The van der Waals surface area contributed by atoms with Gasteiger partial charge in [-0.2, -0.15) is 8.78 Å². The molecule has 0 aliphatic heterocycles. The number of hydrogen-bond donors (Lipinski definition) is 0. The van der Waals surface area contributed by atoms with Crippen molar-refractivity contribution in [2.45, 2.75) is 137 Å². The lowest BCUT2D eigenvalue weighted by atomic mass is 9.63. The maximum absolute atomic E-state index is 15.3. The summed E-state index contributed by atoms with van der Waals surface area (Å²) in [6.07, 6.45) is -7.21. The fraction of sp³-hybridized carbons (Fsp3) is 1.00. The zero-order valence-corrected chi connectivity index (χ0v) is 23.8. The Morgan fingerprint density at radius 3 is 1.76 bits per heavy atom. The number of alkyl halides is 8. The zero-order valence-electron chi connectivity index (χ0n) is 21.6. The van der Waals surface area contributed by atoms with Gasteiger partial charge in [0.1, 0.15) is 36.8 Å². The predicted molar refractivity (Wildman–Crippen MR) is 139 cm³/mol. The lowest BCUT2D eigenvalue weighted by Gasteiger charge is -2.45. The molecule has 0 N–H and O–H groups in total. The van der Waals surface area contributed by atoms with Gasteiger partial charge in [0.15, 0.2) is 0 Å². The van der Waals surface area contributed by atoms with Crippen LogP contribution in [-0.2, 0) is 4.74 Å². The Balaban J connectivity index is 1.30. The van der Waals surface area contributed by atoms with Gasteiger partial charge >= 0.3 is 6.11 Å². The molecule has 216 valence electrons. The van der Waals surface area contributed by atoms with Crippen LogP contribution in [0.15, 0.2) is 0 Å². The van der Waals surface area contributed by atoms with E-state index in [2.05, 4.69) is 11.7 Å². The van der Waals surface area contributed by atoms with Crippen LogP contribution in [0.1, 0.15) is 90.4 Å². The Kier molecular flexibility index (Phi) is 10.4. The van der Waals surface area contributed by atoms with E-state index >= 15 is 13.2 Å². The van der Waals surface area contributed by atoms with Crippen LogP contribution in [0.5, 0.6) is 0 Å². The largest absolute Gasteiger partial charge is 0.364 e. The molecule has 4 fully saturated rings. The molecule has 0 saturated heterocycles. The molecule has 7 unspecified atom stereocenters. The fourth-order valence-electron chi connectivity index (χ4n) is 7.93. The Morgan fingerprint density at radius 1 is 0.676 bits per heavy atom. The van der Waals surface area contributed by atoms with Gasteiger partial charge in [0.25, 0.3) is 0 Å². The molecule has 0 aromatic carbocycles. The van der Waals surface area contributed by atoms with Crippen molar-refractivity contribution in [3.63, 3.8) is 0 Å². The Hall–Kier alpha value is 0.200. The van der Waals surface area contributed by atoms with Crippen molar-refractivity contribution < 1.29 is 35.5 Å². The highest BCUT2D eigenvalue weighted by atomic mass is 127. The van der Waals surface area contributed by atoms with Gasteiger partial charge in [-0.15, -0.1) is 0 Å². The summed E-state index contributed by atoms with van der Waals surface area (Å²) in [5.74, 6) is -1.91. The highest BCUT2D eigenvalue weighted by molar-refractivity contribution is 14.1. The van der Waals surface area contributed by atoms with Crippen LogP contribution in [-0.4, -0.2) is 47.0 Å². The third kappa shape index (κ3) is 7.10. The summed E-state index contributed by atoms with van der Waals surface area (Å²) in [6, 6.07) is 0. The van der Waals surface area contributed by atoms with E-state index in [9.17, 15) is 17.6 Å². The third-order valence-corrected chi connectivity index (χ3v) is 11.5. The van der Waals surface area contributed by atoms with Crippen LogP contribution in [0.3, 0.4) is 0 Å². The molecule has 4 aliphatic rings. The van der Waals surface area contributed by atoms with Crippen LogP contribution in [0.4, 0.5) is 30.7 Å². The molecule has 7 atom stereocenters. The molecule has 0 amide bonds. The average Bonchev–Trinajstić information content (AvgIpc) is 2.82. The van der Waals surface area contributed by atoms with Crippen LogP contribution in [0.2, 0.25) is 0 Å². The molecule has 37 heavy (non-hydrogen) atoms. The lowest BCUT2D eigenvalue weighted by Crippen LogP contribution is -2.52. The summed E-state index contributed by atoms with van der Waals surface area (Å²) in [4.78, 5) is 0. The minimum atomic E-state index is -4.19. The van der Waals surface area contributed by atoms with E-state index in [0.29, 0.717) is 24.7 Å². The molecule has 0 radical (unpaired) electrons. The van der Waals surface area contributed by atoms with Gasteiger partial charge < -0.3 is 4.74 Å². The Bertz CT molecular complexity index is 697. The number of rotatable bonds is 7. The zero-order chi connectivity index (χ0) is 26.9. The number of ether oxygens (including phenoxy) is 1. The normalized spacial score (nSPS) is 48.1. The van der Waals surface area contributed by atoms with E-state index in [1.807, 2.05) is 0 Å². The van der Waals surface area contributed by atoms with Gasteiger partial charge in [0.2, 0.25) is 0 Å². The van der Waals surface area contributed by atoms with Crippen LogP contribution in [0, 0.1) is 35.5 Å². The molecular weight excluding hydrogens is 612 g/mol. The van der Waals surface area contributed by atoms with Gasteiger partial charge in [0.05, 0.1) is 10.0 Å². The van der Waals surface area contributed by atoms with E-state index in [1.165, 1.54) is 25.7 Å².